The molecule has 0 heterocycles. The van der Waals surface area contributed by atoms with E-state index in [0.717, 1.165) is 11.6 Å². The van der Waals surface area contributed by atoms with E-state index < -0.39 is 31.2 Å². The number of hydrogen-bond donors (Lipinski definition) is 4. The molecule has 0 aliphatic heterocycles. The summed E-state index contributed by atoms with van der Waals surface area (Å²) in [6, 6.07) is 0. The summed E-state index contributed by atoms with van der Waals surface area (Å²) in [7, 11) is -4.04. The maximum atomic E-state index is 9.78. The van der Waals surface area contributed by atoms with E-state index >= 15 is 0 Å². The third-order valence-electron chi connectivity index (χ3n) is 0.629. The number of carboxylic acids is 4. The van der Waals surface area contributed by atoms with Crippen molar-refractivity contribution in [2.75, 3.05) is 0 Å². The van der Waals surface area contributed by atoms with Crippen LogP contribution in [0.2, 0.25) is 0 Å². The van der Waals surface area contributed by atoms with Gasteiger partial charge in [-0.3, -0.25) is 4.57 Å². The Kier molecular flexibility index (Phi) is 19.1. The fourth-order valence-electron chi connectivity index (χ4n) is 0.0224. The molecule has 104 valence electrons. The number of carbonyl (C=O) groups excluding carboxylic acids is 1. The molecule has 4 N–H and O–H groups in total. The van der Waals surface area contributed by atoms with Crippen molar-refractivity contribution >= 4 is 31.2 Å². The van der Waals surface area contributed by atoms with Crippen LogP contribution in [0.4, 0.5) is 0 Å². The van der Waals surface area contributed by atoms with Gasteiger partial charge in [-0.25, -0.2) is 14.4 Å². The fourth-order valence-corrected chi connectivity index (χ4v) is 0.0671. The summed E-state index contributed by atoms with van der Waals surface area (Å²) in [5.41, 5.74) is 0. The van der Waals surface area contributed by atoms with Crippen molar-refractivity contribution in [3.05, 3.63) is 0 Å². The molecule has 0 rings (SSSR count). The molecule has 0 fully saturated rings. The standard InChI is InChI=1S/C2HN2O2P.2C2H2O4.K/c3-1-7(5,6)2-4;2*3-1(4)2(5)6;/h(H,5,6);2*(H,3,4)(H,5,6);/q;;;+1/p-1. The van der Waals surface area contributed by atoms with Gasteiger partial charge in [0.2, 0.25) is 0 Å². The Morgan fingerprint density at radius 2 is 1.10 bits per heavy atom. The Labute approximate surface area is 152 Å². The van der Waals surface area contributed by atoms with Crippen molar-refractivity contribution in [2.45, 2.75) is 0 Å². The number of hydrogen-bond acceptors (Lipinski definition) is 8. The molecule has 0 bridgehead atoms. The molecule has 12 nitrogen and oxygen atoms in total. The van der Waals surface area contributed by atoms with Crippen LogP contribution in [0.25, 0.3) is 0 Å². The topological polar surface area (TPSA) is 237 Å². The minimum absolute atomic E-state index is 0. The second-order valence-corrected chi connectivity index (χ2v) is 3.53. The van der Waals surface area contributed by atoms with E-state index in [2.05, 4.69) is 0 Å². The Morgan fingerprint density at radius 3 is 1.10 bits per heavy atom. The average Bonchev–Trinajstić information content (AvgIpc) is 2.30. The number of carboxylic acid groups (broad SMARTS) is 4. The van der Waals surface area contributed by atoms with Gasteiger partial charge in [-0.05, 0) is 0 Å². The second kappa shape index (κ2) is 14.1. The summed E-state index contributed by atoms with van der Waals surface area (Å²) in [6.07, 6.45) is 0. The molecule has 0 unspecified atom stereocenters. The quantitative estimate of drug-likeness (QED) is 0.184. The van der Waals surface area contributed by atoms with Crippen molar-refractivity contribution < 1.29 is 100 Å². The third kappa shape index (κ3) is 25.5. The molecule has 0 aliphatic rings. The van der Waals surface area contributed by atoms with Crippen molar-refractivity contribution in [3.63, 3.8) is 0 Å². The Hall–Kier alpha value is -1.31. The van der Waals surface area contributed by atoms with Gasteiger partial charge in [0.05, 0.1) is 0 Å². The molecule has 0 amide bonds. The first-order chi connectivity index (χ1) is 8.41. The molecule has 14 heteroatoms. The van der Waals surface area contributed by atoms with Crippen LogP contribution in [0.3, 0.4) is 0 Å². The number of aliphatic carboxylic acids is 4. The zero-order chi connectivity index (χ0) is 16.2. The smallest absolute Gasteiger partial charge is 0.539 e. The maximum Gasteiger partial charge on any atom is 1.00 e. The summed E-state index contributed by atoms with van der Waals surface area (Å²) < 4.78 is 9.78. The molecule has 0 atom stereocenters. The third-order valence-corrected chi connectivity index (χ3v) is 1.17. The van der Waals surface area contributed by atoms with Crippen LogP contribution in [0.5, 0.6) is 0 Å². The summed E-state index contributed by atoms with van der Waals surface area (Å²) in [5.74, 6) is -5.78. The largest absolute Gasteiger partial charge is 1.00 e. The Bertz CT molecular complexity index is 437. The molecule has 0 spiro atoms. The van der Waals surface area contributed by atoms with Gasteiger partial charge >= 0.3 is 76.7 Å². The molecule has 20 heavy (non-hydrogen) atoms. The zero-order valence-electron chi connectivity index (χ0n) is 9.58. The van der Waals surface area contributed by atoms with Gasteiger partial charge in [0.25, 0.3) is 0 Å². The number of nitrogens with zero attached hydrogens (tertiary/aromatic N) is 2. The minimum Gasteiger partial charge on any atom is -0.539 e. The van der Waals surface area contributed by atoms with E-state index in [0.29, 0.717) is 0 Å². The molecule has 0 aromatic rings. The van der Waals surface area contributed by atoms with Crippen molar-refractivity contribution in [1.82, 2.24) is 0 Å². The Morgan fingerprint density at radius 1 is 0.900 bits per heavy atom. The number of rotatable bonds is 0. The van der Waals surface area contributed by atoms with Crippen molar-refractivity contribution in [1.29, 1.82) is 10.5 Å². The first-order valence-electron chi connectivity index (χ1n) is 3.47. The van der Waals surface area contributed by atoms with E-state index in [-0.39, 0.29) is 51.4 Å². The van der Waals surface area contributed by atoms with E-state index in [1.807, 2.05) is 0 Å². The monoisotopic (exact) mass is 334 g/mol. The average molecular weight is 334 g/mol. The first kappa shape index (κ1) is 27.1. The van der Waals surface area contributed by atoms with Gasteiger partial charge in [0, 0.05) is 0 Å². The first-order valence-corrected chi connectivity index (χ1v) is 5.13. The van der Waals surface area contributed by atoms with Crippen molar-refractivity contribution in [3.8, 4) is 11.6 Å². The Balaban J connectivity index is -0.0000000941. The van der Waals surface area contributed by atoms with E-state index in [1.165, 1.54) is 0 Å². The van der Waals surface area contributed by atoms with Crippen LogP contribution < -0.4 is 56.5 Å². The summed E-state index contributed by atoms with van der Waals surface area (Å²) in [6.45, 7) is 0. The van der Waals surface area contributed by atoms with E-state index in [1.54, 1.807) is 0 Å². The number of nitriles is 2. The molecule has 0 aromatic heterocycles. The van der Waals surface area contributed by atoms with Crippen LogP contribution in [-0.4, -0.2) is 44.1 Å². The molecule has 0 aromatic carbocycles. The molecule has 0 radical (unpaired) electrons. The molecule has 0 aliphatic carbocycles. The van der Waals surface area contributed by atoms with Crippen LogP contribution in [0.15, 0.2) is 0 Å². The minimum atomic E-state index is -4.04. The normalized spacial score (nSPS) is 7.55. The summed E-state index contributed by atoms with van der Waals surface area (Å²) in [4.78, 5) is 44.2. The summed E-state index contributed by atoms with van der Waals surface area (Å²) in [5, 5.41) is 46.3. The second-order valence-electron chi connectivity index (χ2n) is 1.98. The van der Waals surface area contributed by atoms with Gasteiger partial charge in [0.1, 0.15) is 0 Å². The molecular formula is C6H4KN2O10P. The molecular weight excluding hydrogens is 330 g/mol. The van der Waals surface area contributed by atoms with Crippen LogP contribution in [0.1, 0.15) is 0 Å². The fraction of sp³-hybridized carbons (Fsp3) is 0. The van der Waals surface area contributed by atoms with Gasteiger partial charge in [-0.1, -0.05) is 0 Å². The zero-order valence-corrected chi connectivity index (χ0v) is 13.6. The van der Waals surface area contributed by atoms with Gasteiger partial charge in [0.15, 0.2) is 17.6 Å². The van der Waals surface area contributed by atoms with Crippen LogP contribution >= 0.6 is 7.37 Å². The molecule has 0 saturated carbocycles. The van der Waals surface area contributed by atoms with E-state index in [4.69, 9.17) is 55.0 Å². The van der Waals surface area contributed by atoms with Crippen LogP contribution in [-0.2, 0) is 23.7 Å². The van der Waals surface area contributed by atoms with Gasteiger partial charge in [-0.2, -0.15) is 10.5 Å². The predicted molar refractivity (Wildman–Crippen MR) is 49.0 cm³/mol. The van der Waals surface area contributed by atoms with Gasteiger partial charge < -0.3 is 30.1 Å². The number of carbonyl (C=O) groups is 4. The SMILES string of the molecule is N#CP(=O)(O)C#N.O=C(O)C(=O)O.O=C([O-])C(=O)O.[K+]. The summed E-state index contributed by atoms with van der Waals surface area (Å²) >= 11 is 0. The molecule has 0 saturated heterocycles. The van der Waals surface area contributed by atoms with Crippen molar-refractivity contribution in [2.24, 2.45) is 0 Å². The van der Waals surface area contributed by atoms with Gasteiger partial charge in [-0.15, -0.1) is 0 Å². The van der Waals surface area contributed by atoms with E-state index in [9.17, 15) is 4.57 Å². The van der Waals surface area contributed by atoms with Crippen LogP contribution in [0, 0.1) is 22.1 Å². The maximum absolute atomic E-state index is 9.78. The predicted octanol–water partition coefficient (Wildman–Crippen LogP) is -5.80.